The Morgan fingerprint density at radius 2 is 0.635 bits per heavy atom. The summed E-state index contributed by atoms with van der Waals surface area (Å²) in [5, 5.41) is 0. The third-order valence-corrected chi connectivity index (χ3v) is 11.7. The van der Waals surface area contributed by atoms with Crippen LogP contribution in [0.4, 0.5) is 0 Å². The molecule has 6 aromatic carbocycles. The van der Waals surface area contributed by atoms with Gasteiger partial charge < -0.3 is 52.1 Å². The first-order chi connectivity index (χ1) is 36.0. The molecule has 18 nitrogen and oxygen atoms in total. The van der Waals surface area contributed by atoms with Crippen LogP contribution in [0.3, 0.4) is 0 Å². The van der Waals surface area contributed by atoms with Crippen molar-refractivity contribution in [2.75, 3.05) is 20.8 Å². The highest BCUT2D eigenvalue weighted by Gasteiger charge is 2.58. The summed E-state index contributed by atoms with van der Waals surface area (Å²) in [7, 11) is 2.26. The molecule has 0 unspecified atom stereocenters. The Labute approximate surface area is 423 Å². The van der Waals surface area contributed by atoms with E-state index < -0.39 is 110 Å². The zero-order chi connectivity index (χ0) is 52.0. The standard InChI is InChI=1S/C56H48O18/c1-64-54(63)45-43(70-50(59)36-25-13-5-14-26-36)44(71-51(60)37-27-15-6-16-28-37)47(73-53(62)39-31-19-8-20-32-39)56(74-45)66-33-40-41(68-48(57)34-21-9-3-10-22-34)42(69-49(58)35-23-11-4-12-24-35)46(55(65-2)67-40)72-52(61)38-29-17-7-18-30-38/h3-32,40-47,55-56H,33H2,1-2H3/t40-,41+,42+,43-,44+,45+,46-,47-,55+,56+/m1/s1. The molecule has 0 radical (unpaired) electrons. The summed E-state index contributed by atoms with van der Waals surface area (Å²) >= 11 is 0. The Bertz CT molecular complexity index is 2850. The fraction of sp³-hybridized carbons (Fsp3) is 0.232. The normalized spacial score (nSPS) is 23.2. The number of hydrogen-bond acceptors (Lipinski definition) is 18. The van der Waals surface area contributed by atoms with Crippen molar-refractivity contribution in [3.05, 3.63) is 215 Å². The molecule has 8 rings (SSSR count). The van der Waals surface area contributed by atoms with E-state index in [0.29, 0.717) is 0 Å². The van der Waals surface area contributed by atoms with Crippen molar-refractivity contribution in [3.63, 3.8) is 0 Å². The quantitative estimate of drug-likeness (QED) is 0.0691. The summed E-state index contributed by atoms with van der Waals surface area (Å²) in [5.41, 5.74) is 0.339. The van der Waals surface area contributed by atoms with E-state index in [0.717, 1.165) is 7.11 Å². The average molecular weight is 1010 g/mol. The first kappa shape index (κ1) is 51.8. The topological polar surface area (TPSA) is 221 Å². The average Bonchev–Trinajstić information content (AvgIpc) is 3.45. The maximum absolute atomic E-state index is 14.1. The van der Waals surface area contributed by atoms with E-state index in [-0.39, 0.29) is 33.4 Å². The Hall–Kier alpha value is -8.55. The van der Waals surface area contributed by atoms with Gasteiger partial charge in [0.1, 0.15) is 6.10 Å². The molecule has 2 heterocycles. The van der Waals surface area contributed by atoms with Gasteiger partial charge in [-0.25, -0.2) is 33.6 Å². The van der Waals surface area contributed by atoms with Crippen molar-refractivity contribution in [2.24, 2.45) is 0 Å². The molecular formula is C56H48O18. The summed E-state index contributed by atoms with van der Waals surface area (Å²) < 4.78 is 66.3. The molecule has 18 heteroatoms. The third-order valence-electron chi connectivity index (χ3n) is 11.7. The van der Waals surface area contributed by atoms with Crippen LogP contribution in [0.2, 0.25) is 0 Å². The number of ether oxygens (including phenoxy) is 11. The van der Waals surface area contributed by atoms with Gasteiger partial charge in [0, 0.05) is 7.11 Å². The molecule has 2 saturated heterocycles. The second-order valence-electron chi connectivity index (χ2n) is 16.5. The van der Waals surface area contributed by atoms with Crippen molar-refractivity contribution in [1.82, 2.24) is 0 Å². The van der Waals surface area contributed by atoms with Crippen molar-refractivity contribution in [1.29, 1.82) is 0 Å². The van der Waals surface area contributed by atoms with Crippen molar-refractivity contribution < 1.29 is 85.7 Å². The fourth-order valence-corrected chi connectivity index (χ4v) is 8.03. The van der Waals surface area contributed by atoms with E-state index in [2.05, 4.69) is 0 Å². The Balaban J connectivity index is 1.20. The van der Waals surface area contributed by atoms with E-state index in [1.54, 1.807) is 109 Å². The van der Waals surface area contributed by atoms with Gasteiger partial charge in [-0.15, -0.1) is 0 Å². The van der Waals surface area contributed by atoms with Crippen LogP contribution in [0.15, 0.2) is 182 Å². The molecule has 0 aromatic heterocycles. The van der Waals surface area contributed by atoms with Crippen LogP contribution >= 0.6 is 0 Å². The van der Waals surface area contributed by atoms with Crippen LogP contribution < -0.4 is 0 Å². The molecule has 0 saturated carbocycles. The van der Waals surface area contributed by atoms with E-state index in [1.165, 1.54) is 79.9 Å². The lowest BCUT2D eigenvalue weighted by atomic mass is 9.96. The minimum atomic E-state index is -1.94. The summed E-state index contributed by atoms with van der Waals surface area (Å²) in [5.74, 6) is -6.82. The summed E-state index contributed by atoms with van der Waals surface area (Å²) in [6, 6.07) is 46.6. The Morgan fingerprint density at radius 1 is 0.351 bits per heavy atom. The van der Waals surface area contributed by atoms with Gasteiger partial charge in [-0.2, -0.15) is 0 Å². The molecule has 0 N–H and O–H groups in total. The maximum atomic E-state index is 14.1. The van der Waals surface area contributed by atoms with E-state index in [4.69, 9.17) is 52.1 Å². The number of carbonyl (C=O) groups is 7. The number of esters is 7. The van der Waals surface area contributed by atoms with Gasteiger partial charge in [-0.3, -0.25) is 0 Å². The minimum absolute atomic E-state index is 0.0234. The van der Waals surface area contributed by atoms with Gasteiger partial charge >= 0.3 is 41.8 Å². The van der Waals surface area contributed by atoms with Crippen molar-refractivity contribution >= 4 is 41.8 Å². The monoisotopic (exact) mass is 1010 g/mol. The summed E-state index contributed by atoms with van der Waals surface area (Å²) in [6.07, 6.45) is -17.7. The first-order valence-electron chi connectivity index (χ1n) is 23.1. The predicted molar refractivity (Wildman–Crippen MR) is 256 cm³/mol. The highest BCUT2D eigenvalue weighted by molar-refractivity contribution is 5.93. The molecule has 0 spiro atoms. The highest BCUT2D eigenvalue weighted by atomic mass is 16.8. The van der Waals surface area contributed by atoms with Gasteiger partial charge in [-0.1, -0.05) is 109 Å². The van der Waals surface area contributed by atoms with Crippen LogP contribution in [0.5, 0.6) is 0 Å². The number of rotatable bonds is 17. The molecule has 10 atom stereocenters. The summed E-state index contributed by atoms with van der Waals surface area (Å²) in [6.45, 7) is -0.753. The van der Waals surface area contributed by atoms with E-state index >= 15 is 0 Å². The molecule has 2 aliphatic heterocycles. The first-order valence-corrected chi connectivity index (χ1v) is 23.1. The molecule has 380 valence electrons. The molecule has 74 heavy (non-hydrogen) atoms. The molecule has 2 aliphatic rings. The van der Waals surface area contributed by atoms with Crippen molar-refractivity contribution in [2.45, 2.75) is 61.4 Å². The second-order valence-corrected chi connectivity index (χ2v) is 16.5. The van der Waals surface area contributed by atoms with Gasteiger partial charge in [-0.05, 0) is 72.8 Å². The van der Waals surface area contributed by atoms with Crippen molar-refractivity contribution in [3.8, 4) is 0 Å². The lowest BCUT2D eigenvalue weighted by Crippen LogP contribution is -2.65. The van der Waals surface area contributed by atoms with Gasteiger partial charge in [0.2, 0.25) is 0 Å². The molecule has 2 fully saturated rings. The van der Waals surface area contributed by atoms with Gasteiger partial charge in [0.15, 0.2) is 55.3 Å². The zero-order valence-electron chi connectivity index (χ0n) is 39.6. The van der Waals surface area contributed by atoms with Crippen LogP contribution in [0.25, 0.3) is 0 Å². The molecular weight excluding hydrogens is 961 g/mol. The lowest BCUT2D eigenvalue weighted by Gasteiger charge is -2.46. The fourth-order valence-electron chi connectivity index (χ4n) is 8.03. The van der Waals surface area contributed by atoms with Crippen LogP contribution in [0.1, 0.15) is 62.1 Å². The molecule has 0 aliphatic carbocycles. The smallest absolute Gasteiger partial charge is 0.339 e. The van der Waals surface area contributed by atoms with Crippen LogP contribution in [0, 0.1) is 0 Å². The summed E-state index contributed by atoms with van der Waals surface area (Å²) in [4.78, 5) is 97.8. The lowest BCUT2D eigenvalue weighted by molar-refractivity contribution is -0.322. The molecule has 0 amide bonds. The molecule has 0 bridgehead atoms. The number of methoxy groups -OCH3 is 2. The number of benzene rings is 6. The molecule has 6 aromatic rings. The third kappa shape index (κ3) is 12.5. The minimum Gasteiger partial charge on any atom is -0.467 e. The number of carbonyl (C=O) groups excluding carboxylic acids is 7. The predicted octanol–water partition coefficient (Wildman–Crippen LogP) is 6.63. The van der Waals surface area contributed by atoms with E-state index in [1.807, 2.05) is 0 Å². The maximum Gasteiger partial charge on any atom is 0.339 e. The Kier molecular flexibility index (Phi) is 17.3. The van der Waals surface area contributed by atoms with E-state index in [9.17, 15) is 33.6 Å². The van der Waals surface area contributed by atoms with Gasteiger partial charge in [0.25, 0.3) is 0 Å². The largest absolute Gasteiger partial charge is 0.467 e. The highest BCUT2D eigenvalue weighted by Crippen LogP contribution is 2.35. The van der Waals surface area contributed by atoms with Crippen LogP contribution in [-0.2, 0) is 56.9 Å². The zero-order valence-corrected chi connectivity index (χ0v) is 39.6. The Morgan fingerprint density at radius 3 is 0.959 bits per heavy atom. The van der Waals surface area contributed by atoms with Crippen LogP contribution in [-0.4, -0.2) is 124 Å². The SMILES string of the molecule is COC(=O)[C@H]1O[C@H](OC[C@H]2O[C@H](OC)[C@H](OC(=O)c3ccccc3)[C@@H](OC(=O)c3ccccc3)[C@H]2OC(=O)c2ccccc2)[C@H](OC(=O)c2ccccc2)[C@@H](OC(=O)c2ccccc2)[C@H]1OC(=O)c1ccccc1. The van der Waals surface area contributed by atoms with Gasteiger partial charge in [0.05, 0.1) is 47.1 Å². The second kappa shape index (κ2) is 24.7. The number of hydrogen-bond donors (Lipinski definition) is 0.